The molecule has 7 nitrogen and oxygen atoms in total. The number of nitrogens with one attached hydrogen (secondary N) is 3. The molecule has 1 aromatic rings. The zero-order valence-corrected chi connectivity index (χ0v) is 12.6. The molecule has 1 aromatic carbocycles. The van der Waals surface area contributed by atoms with Gasteiger partial charge in [0.15, 0.2) is 0 Å². The van der Waals surface area contributed by atoms with Crippen LogP contribution in [0.1, 0.15) is 20.8 Å². The Morgan fingerprint density at radius 2 is 1.90 bits per heavy atom. The molecule has 7 heteroatoms. The number of carbonyl (C=O) groups excluding carboxylic acids is 1. The molecule has 0 aliphatic rings. The van der Waals surface area contributed by atoms with Crippen LogP contribution in [0.5, 0.6) is 0 Å². The van der Waals surface area contributed by atoms with Crippen LogP contribution < -0.4 is 16.0 Å². The van der Waals surface area contributed by atoms with Crippen molar-refractivity contribution in [1.82, 2.24) is 10.6 Å². The van der Waals surface area contributed by atoms with E-state index in [1.807, 2.05) is 20.8 Å². The standard InChI is InChI=1S/C14H22N4O3/c1-10(2)11(3)17-14(19)16-9-8-15-12-6-4-5-7-13(12)18(20)21/h4-7,10-11,15H,8-9H2,1-3H3,(H2,16,17,19). The topological polar surface area (TPSA) is 96.3 Å². The molecule has 0 spiro atoms. The van der Waals surface area contributed by atoms with Crippen LogP contribution >= 0.6 is 0 Å². The van der Waals surface area contributed by atoms with Crippen molar-refractivity contribution in [3.05, 3.63) is 34.4 Å². The molecule has 0 aliphatic heterocycles. The number of rotatable bonds is 7. The third-order valence-electron chi connectivity index (χ3n) is 3.19. The van der Waals surface area contributed by atoms with Crippen molar-refractivity contribution in [3.63, 3.8) is 0 Å². The van der Waals surface area contributed by atoms with Gasteiger partial charge in [0.05, 0.1) is 4.92 Å². The molecule has 0 heterocycles. The fourth-order valence-corrected chi connectivity index (χ4v) is 1.58. The molecule has 116 valence electrons. The minimum Gasteiger partial charge on any atom is -0.378 e. The fourth-order valence-electron chi connectivity index (χ4n) is 1.58. The van der Waals surface area contributed by atoms with E-state index in [0.29, 0.717) is 24.7 Å². The van der Waals surface area contributed by atoms with Gasteiger partial charge in [0.2, 0.25) is 0 Å². The van der Waals surface area contributed by atoms with E-state index in [9.17, 15) is 14.9 Å². The predicted octanol–water partition coefficient (Wildman–Crippen LogP) is 2.35. The van der Waals surface area contributed by atoms with Crippen molar-refractivity contribution < 1.29 is 9.72 Å². The number of hydrogen-bond acceptors (Lipinski definition) is 4. The summed E-state index contributed by atoms with van der Waals surface area (Å²) in [7, 11) is 0. The molecule has 3 N–H and O–H groups in total. The molecule has 21 heavy (non-hydrogen) atoms. The molecule has 1 atom stereocenters. The summed E-state index contributed by atoms with van der Waals surface area (Å²) < 4.78 is 0. The number of nitro benzene ring substituents is 1. The molecular formula is C14H22N4O3. The number of hydrogen-bond donors (Lipinski definition) is 3. The van der Waals surface area contributed by atoms with E-state index in [-0.39, 0.29) is 17.8 Å². The molecule has 0 fully saturated rings. The van der Waals surface area contributed by atoms with E-state index in [1.165, 1.54) is 6.07 Å². The summed E-state index contributed by atoms with van der Waals surface area (Å²) in [6, 6.07) is 6.27. The Hall–Kier alpha value is -2.31. The van der Waals surface area contributed by atoms with Crippen molar-refractivity contribution in [2.24, 2.45) is 5.92 Å². The molecule has 0 radical (unpaired) electrons. The highest BCUT2D eigenvalue weighted by atomic mass is 16.6. The first kappa shape index (κ1) is 16.7. The number of nitrogens with zero attached hydrogens (tertiary/aromatic N) is 1. The van der Waals surface area contributed by atoms with Gasteiger partial charge in [0.1, 0.15) is 5.69 Å². The first-order chi connectivity index (χ1) is 9.91. The van der Waals surface area contributed by atoms with E-state index in [2.05, 4.69) is 16.0 Å². The van der Waals surface area contributed by atoms with E-state index in [0.717, 1.165) is 0 Å². The highest BCUT2D eigenvalue weighted by Gasteiger charge is 2.12. The number of benzene rings is 1. The second-order valence-electron chi connectivity index (χ2n) is 5.13. The summed E-state index contributed by atoms with van der Waals surface area (Å²) in [5.41, 5.74) is 0.468. The van der Waals surface area contributed by atoms with Crippen LogP contribution in [0.3, 0.4) is 0 Å². The molecule has 2 amide bonds. The molecule has 0 saturated heterocycles. The summed E-state index contributed by atoms with van der Waals surface area (Å²) in [6.45, 7) is 6.79. The maximum absolute atomic E-state index is 11.6. The largest absolute Gasteiger partial charge is 0.378 e. The summed E-state index contributed by atoms with van der Waals surface area (Å²) in [6.07, 6.45) is 0. The van der Waals surface area contributed by atoms with Gasteiger partial charge in [-0.15, -0.1) is 0 Å². The third kappa shape index (κ3) is 5.68. The van der Waals surface area contributed by atoms with Crippen molar-refractivity contribution in [3.8, 4) is 0 Å². The molecule has 1 rings (SSSR count). The number of carbonyl (C=O) groups is 1. The molecule has 0 aromatic heterocycles. The second-order valence-corrected chi connectivity index (χ2v) is 5.13. The maximum Gasteiger partial charge on any atom is 0.315 e. The Labute approximate surface area is 124 Å². The van der Waals surface area contributed by atoms with E-state index in [1.54, 1.807) is 18.2 Å². The lowest BCUT2D eigenvalue weighted by Crippen LogP contribution is -2.44. The summed E-state index contributed by atoms with van der Waals surface area (Å²) >= 11 is 0. The normalized spacial score (nSPS) is 11.8. The van der Waals surface area contributed by atoms with Crippen molar-refractivity contribution in [2.75, 3.05) is 18.4 Å². The average Bonchev–Trinajstić information content (AvgIpc) is 2.43. The Bertz CT molecular complexity index is 491. The van der Waals surface area contributed by atoms with Crippen molar-refractivity contribution in [1.29, 1.82) is 0 Å². The summed E-state index contributed by atoms with van der Waals surface area (Å²) in [5.74, 6) is 0.362. The molecule has 0 saturated carbocycles. The van der Waals surface area contributed by atoms with Crippen LogP contribution in [0, 0.1) is 16.0 Å². The van der Waals surface area contributed by atoms with Gasteiger partial charge in [-0.3, -0.25) is 10.1 Å². The Balaban J connectivity index is 2.35. The Morgan fingerprint density at radius 1 is 1.24 bits per heavy atom. The number of anilines is 1. The third-order valence-corrected chi connectivity index (χ3v) is 3.19. The summed E-state index contributed by atoms with van der Waals surface area (Å²) in [5, 5.41) is 19.3. The average molecular weight is 294 g/mol. The van der Waals surface area contributed by atoms with Crippen LogP contribution in [-0.2, 0) is 0 Å². The zero-order chi connectivity index (χ0) is 15.8. The van der Waals surface area contributed by atoms with Gasteiger partial charge in [0, 0.05) is 25.2 Å². The Kier molecular flexibility index (Phi) is 6.45. The fraction of sp³-hybridized carbons (Fsp3) is 0.500. The predicted molar refractivity (Wildman–Crippen MR) is 82.4 cm³/mol. The Morgan fingerprint density at radius 3 is 2.52 bits per heavy atom. The van der Waals surface area contributed by atoms with Gasteiger partial charge in [-0.25, -0.2) is 4.79 Å². The molecule has 0 bridgehead atoms. The number of nitro groups is 1. The van der Waals surface area contributed by atoms with Crippen LogP contribution in [0.25, 0.3) is 0 Å². The number of amides is 2. The van der Waals surface area contributed by atoms with E-state index < -0.39 is 4.92 Å². The van der Waals surface area contributed by atoms with Gasteiger partial charge >= 0.3 is 6.03 Å². The minimum atomic E-state index is -0.438. The van der Waals surface area contributed by atoms with Gasteiger partial charge in [-0.05, 0) is 18.9 Å². The maximum atomic E-state index is 11.6. The van der Waals surface area contributed by atoms with Crippen molar-refractivity contribution in [2.45, 2.75) is 26.8 Å². The zero-order valence-electron chi connectivity index (χ0n) is 12.6. The number of para-hydroxylation sites is 2. The highest BCUT2D eigenvalue weighted by Crippen LogP contribution is 2.22. The quantitative estimate of drug-likeness (QED) is 0.408. The highest BCUT2D eigenvalue weighted by molar-refractivity contribution is 5.74. The van der Waals surface area contributed by atoms with Crippen molar-refractivity contribution >= 4 is 17.4 Å². The lowest BCUT2D eigenvalue weighted by Gasteiger charge is -2.17. The first-order valence-corrected chi connectivity index (χ1v) is 6.93. The van der Waals surface area contributed by atoms with Gasteiger partial charge in [0.25, 0.3) is 5.69 Å². The van der Waals surface area contributed by atoms with Crippen LogP contribution in [0.2, 0.25) is 0 Å². The van der Waals surface area contributed by atoms with Crippen LogP contribution in [-0.4, -0.2) is 30.1 Å². The minimum absolute atomic E-state index is 0.0235. The SMILES string of the molecule is CC(C)C(C)NC(=O)NCCNc1ccccc1[N+](=O)[O-]. The number of urea groups is 1. The van der Waals surface area contributed by atoms with E-state index >= 15 is 0 Å². The lowest BCUT2D eigenvalue weighted by atomic mass is 10.1. The summed E-state index contributed by atoms with van der Waals surface area (Å²) in [4.78, 5) is 22.0. The molecule has 1 unspecified atom stereocenters. The lowest BCUT2D eigenvalue weighted by molar-refractivity contribution is -0.384. The van der Waals surface area contributed by atoms with Gasteiger partial charge in [-0.2, -0.15) is 0 Å². The van der Waals surface area contributed by atoms with Gasteiger partial charge in [-0.1, -0.05) is 26.0 Å². The monoisotopic (exact) mass is 294 g/mol. The van der Waals surface area contributed by atoms with Gasteiger partial charge < -0.3 is 16.0 Å². The first-order valence-electron chi connectivity index (χ1n) is 6.93. The smallest absolute Gasteiger partial charge is 0.315 e. The second kappa shape index (κ2) is 8.08. The van der Waals surface area contributed by atoms with Crippen LogP contribution in [0.15, 0.2) is 24.3 Å². The van der Waals surface area contributed by atoms with E-state index in [4.69, 9.17) is 0 Å². The molecule has 0 aliphatic carbocycles. The van der Waals surface area contributed by atoms with Crippen LogP contribution in [0.4, 0.5) is 16.2 Å². The molecular weight excluding hydrogens is 272 g/mol.